The monoisotopic (exact) mass is 439 g/mol. The Morgan fingerprint density at radius 2 is 1.91 bits per heavy atom. The van der Waals surface area contributed by atoms with Gasteiger partial charge in [0.15, 0.2) is 5.96 Å². The molecule has 0 aromatic heterocycles. The maximum atomic E-state index is 5.86. The summed E-state index contributed by atoms with van der Waals surface area (Å²) in [6.07, 6.45) is 0.967. The molecule has 22 heavy (non-hydrogen) atoms. The first-order valence-corrected chi connectivity index (χ1v) is 7.76. The smallest absolute Gasteiger partial charge is 0.191 e. The first-order valence-electron chi connectivity index (χ1n) is 7.38. The van der Waals surface area contributed by atoms with Crippen LogP contribution in [0.3, 0.4) is 0 Å². The first-order chi connectivity index (χ1) is 10.1. The lowest BCUT2D eigenvalue weighted by Gasteiger charge is -2.12. The van der Waals surface area contributed by atoms with E-state index in [1.807, 2.05) is 24.3 Å². The number of guanidine groups is 1. The maximum absolute atomic E-state index is 5.86. The van der Waals surface area contributed by atoms with Gasteiger partial charge < -0.3 is 15.4 Å². The fourth-order valence-corrected chi connectivity index (χ4v) is 1.83. The van der Waals surface area contributed by atoms with Gasteiger partial charge in [-0.15, -0.1) is 24.0 Å². The van der Waals surface area contributed by atoms with Crippen LogP contribution in [0.4, 0.5) is 0 Å². The van der Waals surface area contributed by atoms with Gasteiger partial charge in [0.2, 0.25) is 0 Å². The quantitative estimate of drug-likeness (QED) is 0.281. The Morgan fingerprint density at radius 3 is 2.50 bits per heavy atom. The summed E-state index contributed by atoms with van der Waals surface area (Å²) in [6, 6.07) is 7.78. The van der Waals surface area contributed by atoms with Crippen LogP contribution < -0.4 is 10.6 Å². The molecule has 1 rings (SSSR count). The summed E-state index contributed by atoms with van der Waals surface area (Å²) in [5, 5.41) is 7.29. The van der Waals surface area contributed by atoms with Crippen LogP contribution in [0.2, 0.25) is 5.02 Å². The fourth-order valence-electron chi connectivity index (χ4n) is 1.71. The Morgan fingerprint density at radius 1 is 1.23 bits per heavy atom. The van der Waals surface area contributed by atoms with Crippen molar-refractivity contribution in [3.05, 3.63) is 34.9 Å². The number of halogens is 2. The predicted octanol–water partition coefficient (Wildman–Crippen LogP) is 3.69. The molecule has 0 amide bonds. The SMILES string of the molecule is CN=C(NCCCOCC(C)C)NCc1ccc(Cl)cc1.I. The minimum Gasteiger partial charge on any atom is -0.381 e. The van der Waals surface area contributed by atoms with Crippen LogP contribution >= 0.6 is 35.6 Å². The Kier molecular flexibility index (Phi) is 12.6. The Labute approximate surface area is 156 Å². The molecule has 2 N–H and O–H groups in total. The summed E-state index contributed by atoms with van der Waals surface area (Å²) >= 11 is 5.86. The van der Waals surface area contributed by atoms with Crippen molar-refractivity contribution in [3.8, 4) is 0 Å². The van der Waals surface area contributed by atoms with Crippen molar-refractivity contribution < 1.29 is 4.74 Å². The average Bonchev–Trinajstić information content (AvgIpc) is 2.47. The Balaban J connectivity index is 0.00000441. The minimum absolute atomic E-state index is 0. The fraction of sp³-hybridized carbons (Fsp3) is 0.562. The van der Waals surface area contributed by atoms with Crippen LogP contribution in [-0.2, 0) is 11.3 Å². The zero-order valence-electron chi connectivity index (χ0n) is 13.6. The number of nitrogens with one attached hydrogen (secondary N) is 2. The molecule has 0 aliphatic heterocycles. The Hall–Kier alpha value is -0.530. The first kappa shape index (κ1) is 21.5. The molecule has 0 heterocycles. The molecule has 0 bridgehead atoms. The second-order valence-electron chi connectivity index (χ2n) is 5.30. The normalized spacial score (nSPS) is 11.2. The number of nitrogens with zero attached hydrogens (tertiary/aromatic N) is 1. The summed E-state index contributed by atoms with van der Waals surface area (Å²) < 4.78 is 5.54. The lowest BCUT2D eigenvalue weighted by molar-refractivity contribution is 0.108. The van der Waals surface area contributed by atoms with Crippen LogP contribution in [0.15, 0.2) is 29.3 Å². The van der Waals surface area contributed by atoms with E-state index in [4.69, 9.17) is 16.3 Å². The van der Waals surface area contributed by atoms with Crippen molar-refractivity contribution in [2.24, 2.45) is 10.9 Å². The molecule has 0 saturated heterocycles. The van der Waals surface area contributed by atoms with Crippen molar-refractivity contribution in [3.63, 3.8) is 0 Å². The van der Waals surface area contributed by atoms with Crippen LogP contribution in [0.25, 0.3) is 0 Å². The number of hydrogen-bond donors (Lipinski definition) is 2. The summed E-state index contributed by atoms with van der Waals surface area (Å²) in [7, 11) is 1.77. The van der Waals surface area contributed by atoms with E-state index in [9.17, 15) is 0 Å². The van der Waals surface area contributed by atoms with E-state index in [0.29, 0.717) is 5.92 Å². The van der Waals surface area contributed by atoms with E-state index in [-0.39, 0.29) is 24.0 Å². The molecule has 0 fully saturated rings. The second kappa shape index (κ2) is 13.0. The predicted molar refractivity (Wildman–Crippen MR) is 105 cm³/mol. The molecule has 0 radical (unpaired) electrons. The van der Waals surface area contributed by atoms with Crippen LogP contribution in [0, 0.1) is 5.92 Å². The van der Waals surface area contributed by atoms with Crippen molar-refractivity contribution in [2.75, 3.05) is 26.8 Å². The van der Waals surface area contributed by atoms with Crippen LogP contribution in [0.5, 0.6) is 0 Å². The molecule has 4 nitrogen and oxygen atoms in total. The third-order valence-corrected chi connectivity index (χ3v) is 3.06. The second-order valence-corrected chi connectivity index (χ2v) is 5.74. The van der Waals surface area contributed by atoms with Gasteiger partial charge in [0, 0.05) is 38.4 Å². The molecule has 0 atom stereocenters. The van der Waals surface area contributed by atoms with Crippen molar-refractivity contribution >= 4 is 41.5 Å². The van der Waals surface area contributed by atoms with Crippen molar-refractivity contribution in [2.45, 2.75) is 26.8 Å². The van der Waals surface area contributed by atoms with Gasteiger partial charge >= 0.3 is 0 Å². The zero-order valence-corrected chi connectivity index (χ0v) is 16.7. The van der Waals surface area contributed by atoms with Gasteiger partial charge in [-0.25, -0.2) is 0 Å². The number of benzene rings is 1. The zero-order chi connectivity index (χ0) is 15.5. The van der Waals surface area contributed by atoms with Gasteiger partial charge in [-0.1, -0.05) is 37.6 Å². The lowest BCUT2D eigenvalue weighted by atomic mass is 10.2. The summed E-state index contributed by atoms with van der Waals surface area (Å²) in [5.74, 6) is 1.39. The van der Waals surface area contributed by atoms with E-state index in [1.54, 1.807) is 7.05 Å². The van der Waals surface area contributed by atoms with Gasteiger partial charge in [0.25, 0.3) is 0 Å². The van der Waals surface area contributed by atoms with Gasteiger partial charge in [-0.2, -0.15) is 0 Å². The van der Waals surface area contributed by atoms with Crippen molar-refractivity contribution in [1.29, 1.82) is 0 Å². The molecule has 0 aliphatic rings. The number of aliphatic imine (C=N–C) groups is 1. The number of hydrogen-bond acceptors (Lipinski definition) is 2. The van der Waals surface area contributed by atoms with Gasteiger partial charge in [0.1, 0.15) is 0 Å². The molecule has 0 unspecified atom stereocenters. The molecule has 0 spiro atoms. The number of rotatable bonds is 8. The van der Waals surface area contributed by atoms with Gasteiger partial charge in [-0.05, 0) is 30.0 Å². The van der Waals surface area contributed by atoms with E-state index >= 15 is 0 Å². The number of ether oxygens (including phenoxy) is 1. The summed E-state index contributed by atoms with van der Waals surface area (Å²) in [6.45, 7) is 7.48. The highest BCUT2D eigenvalue weighted by molar-refractivity contribution is 14.0. The molecule has 1 aromatic rings. The molecule has 0 saturated carbocycles. The van der Waals surface area contributed by atoms with Crippen LogP contribution in [0.1, 0.15) is 25.8 Å². The van der Waals surface area contributed by atoms with E-state index in [1.165, 1.54) is 5.56 Å². The molecule has 0 aliphatic carbocycles. The highest BCUT2D eigenvalue weighted by Crippen LogP contribution is 2.08. The minimum atomic E-state index is 0. The molecule has 1 aromatic carbocycles. The molecule has 6 heteroatoms. The van der Waals surface area contributed by atoms with Gasteiger partial charge in [-0.3, -0.25) is 4.99 Å². The molecular weight excluding hydrogens is 413 g/mol. The van der Waals surface area contributed by atoms with E-state index < -0.39 is 0 Å². The van der Waals surface area contributed by atoms with E-state index in [2.05, 4.69) is 29.5 Å². The summed E-state index contributed by atoms with van der Waals surface area (Å²) in [5.41, 5.74) is 1.17. The van der Waals surface area contributed by atoms with E-state index in [0.717, 1.165) is 43.7 Å². The molecular formula is C16H27ClIN3O. The molecule has 126 valence electrons. The topological polar surface area (TPSA) is 45.7 Å². The third kappa shape index (κ3) is 10.2. The highest BCUT2D eigenvalue weighted by atomic mass is 127. The Bertz CT molecular complexity index is 424. The van der Waals surface area contributed by atoms with Crippen molar-refractivity contribution in [1.82, 2.24) is 10.6 Å². The average molecular weight is 440 g/mol. The third-order valence-electron chi connectivity index (χ3n) is 2.81. The van der Waals surface area contributed by atoms with Crippen LogP contribution in [-0.4, -0.2) is 32.8 Å². The summed E-state index contributed by atoms with van der Waals surface area (Å²) in [4.78, 5) is 4.19. The standard InChI is InChI=1S/C16H26ClN3O.HI/c1-13(2)12-21-10-4-9-19-16(18-3)20-11-14-5-7-15(17)8-6-14;/h5-8,13H,4,9-12H2,1-3H3,(H2,18,19,20);1H. The maximum Gasteiger partial charge on any atom is 0.191 e. The lowest BCUT2D eigenvalue weighted by Crippen LogP contribution is -2.37. The van der Waals surface area contributed by atoms with Gasteiger partial charge in [0.05, 0.1) is 0 Å². The largest absolute Gasteiger partial charge is 0.381 e. The highest BCUT2D eigenvalue weighted by Gasteiger charge is 1.99.